The molecule has 0 bridgehead atoms. The van der Waals surface area contributed by atoms with Gasteiger partial charge < -0.3 is 5.32 Å². The van der Waals surface area contributed by atoms with Crippen molar-refractivity contribution in [3.63, 3.8) is 0 Å². The van der Waals surface area contributed by atoms with Crippen LogP contribution in [0.15, 0.2) is 16.3 Å². The Hall–Kier alpha value is -0.630. The molecule has 1 amide bonds. The fourth-order valence-corrected chi connectivity index (χ4v) is 5.53. The van der Waals surface area contributed by atoms with E-state index >= 15 is 0 Å². The van der Waals surface area contributed by atoms with Gasteiger partial charge in [-0.05, 0) is 36.8 Å². The molecule has 2 rings (SSSR count). The van der Waals surface area contributed by atoms with Crippen LogP contribution in [0.4, 0.5) is 0 Å². The Balaban J connectivity index is 2.12. The standard InChI is InChI=1S/C12H17ClN2O3S2/c1-8-2-3-9(6-14-7-16)12(8)15-20(17,18)11-5-4-10(13)19-11/h4-5,7-9,12,15H,2-3,6H2,1H3,(H,14,16). The van der Waals surface area contributed by atoms with Gasteiger partial charge >= 0.3 is 0 Å². The van der Waals surface area contributed by atoms with Crippen LogP contribution in [0.25, 0.3) is 0 Å². The van der Waals surface area contributed by atoms with Crippen LogP contribution >= 0.6 is 22.9 Å². The smallest absolute Gasteiger partial charge is 0.250 e. The lowest BCUT2D eigenvalue weighted by atomic mass is 10.0. The van der Waals surface area contributed by atoms with Crippen LogP contribution in [0, 0.1) is 11.8 Å². The van der Waals surface area contributed by atoms with E-state index in [1.807, 2.05) is 6.92 Å². The molecule has 0 saturated heterocycles. The maximum atomic E-state index is 12.3. The van der Waals surface area contributed by atoms with Crippen LogP contribution in [-0.2, 0) is 14.8 Å². The van der Waals surface area contributed by atoms with Crippen LogP contribution in [0.5, 0.6) is 0 Å². The average Bonchev–Trinajstić information content (AvgIpc) is 2.96. The highest BCUT2D eigenvalue weighted by atomic mass is 35.5. The number of hydrogen-bond donors (Lipinski definition) is 2. The zero-order chi connectivity index (χ0) is 14.8. The highest BCUT2D eigenvalue weighted by Crippen LogP contribution is 2.33. The molecule has 20 heavy (non-hydrogen) atoms. The van der Waals surface area contributed by atoms with E-state index < -0.39 is 10.0 Å². The van der Waals surface area contributed by atoms with Crippen molar-refractivity contribution in [3.8, 4) is 0 Å². The van der Waals surface area contributed by atoms with Crippen LogP contribution in [0.1, 0.15) is 19.8 Å². The number of amides is 1. The van der Waals surface area contributed by atoms with Gasteiger partial charge in [0.1, 0.15) is 4.21 Å². The molecule has 0 spiro atoms. The van der Waals surface area contributed by atoms with Crippen molar-refractivity contribution < 1.29 is 13.2 Å². The minimum Gasteiger partial charge on any atom is -0.358 e. The molecule has 5 nitrogen and oxygen atoms in total. The lowest BCUT2D eigenvalue weighted by Crippen LogP contribution is -2.43. The second-order valence-corrected chi connectivity index (χ2v) is 8.70. The molecule has 1 aromatic rings. The third kappa shape index (κ3) is 3.52. The lowest BCUT2D eigenvalue weighted by molar-refractivity contribution is -0.109. The number of sulfonamides is 1. The van der Waals surface area contributed by atoms with E-state index in [0.29, 0.717) is 17.3 Å². The summed E-state index contributed by atoms with van der Waals surface area (Å²) in [6.45, 7) is 2.52. The van der Waals surface area contributed by atoms with Gasteiger partial charge in [0, 0.05) is 12.6 Å². The van der Waals surface area contributed by atoms with E-state index in [2.05, 4.69) is 10.0 Å². The summed E-state index contributed by atoms with van der Waals surface area (Å²) < 4.78 is 28.1. The van der Waals surface area contributed by atoms with E-state index in [0.717, 1.165) is 24.2 Å². The first kappa shape index (κ1) is 15.8. The number of rotatable bonds is 6. The first-order chi connectivity index (χ1) is 9.44. The van der Waals surface area contributed by atoms with Crippen LogP contribution in [0.3, 0.4) is 0 Å². The van der Waals surface area contributed by atoms with Gasteiger partial charge in [0.05, 0.1) is 4.34 Å². The fourth-order valence-electron chi connectivity index (χ4n) is 2.62. The molecule has 1 heterocycles. The van der Waals surface area contributed by atoms with Gasteiger partial charge in [-0.2, -0.15) is 0 Å². The SMILES string of the molecule is CC1CCC(CNC=O)C1NS(=O)(=O)c1ccc(Cl)s1. The van der Waals surface area contributed by atoms with Crippen molar-refractivity contribution in [2.24, 2.45) is 11.8 Å². The van der Waals surface area contributed by atoms with Crippen molar-refractivity contribution in [2.75, 3.05) is 6.54 Å². The molecule has 2 N–H and O–H groups in total. The molecule has 3 unspecified atom stereocenters. The minimum absolute atomic E-state index is 0.125. The van der Waals surface area contributed by atoms with E-state index in [1.54, 1.807) is 6.07 Å². The van der Waals surface area contributed by atoms with Crippen molar-refractivity contribution in [3.05, 3.63) is 16.5 Å². The summed E-state index contributed by atoms with van der Waals surface area (Å²) in [7, 11) is -3.55. The highest BCUT2D eigenvalue weighted by Gasteiger charge is 2.36. The van der Waals surface area contributed by atoms with Gasteiger partial charge in [-0.3, -0.25) is 4.79 Å². The minimum atomic E-state index is -3.55. The Morgan fingerprint density at radius 2 is 2.20 bits per heavy atom. The molecule has 0 aromatic carbocycles. The largest absolute Gasteiger partial charge is 0.358 e. The normalized spacial score (nSPS) is 26.6. The van der Waals surface area contributed by atoms with Crippen molar-refractivity contribution in [1.29, 1.82) is 0 Å². The van der Waals surface area contributed by atoms with Crippen LogP contribution < -0.4 is 10.0 Å². The predicted octanol–water partition coefficient (Wildman–Crippen LogP) is 1.84. The lowest BCUT2D eigenvalue weighted by Gasteiger charge is -2.23. The van der Waals surface area contributed by atoms with Crippen LogP contribution in [0.2, 0.25) is 4.34 Å². The number of hydrogen-bond acceptors (Lipinski definition) is 4. The molecule has 3 atom stereocenters. The summed E-state index contributed by atoms with van der Waals surface area (Å²) in [5, 5.41) is 2.64. The molecule has 0 radical (unpaired) electrons. The Labute approximate surface area is 127 Å². The monoisotopic (exact) mass is 336 g/mol. The molecule has 1 saturated carbocycles. The third-order valence-electron chi connectivity index (χ3n) is 3.68. The topological polar surface area (TPSA) is 75.3 Å². The molecule has 112 valence electrons. The second-order valence-electron chi connectivity index (χ2n) is 5.05. The summed E-state index contributed by atoms with van der Waals surface area (Å²) >= 11 is 6.83. The first-order valence-corrected chi connectivity index (χ1v) is 9.06. The highest BCUT2D eigenvalue weighted by molar-refractivity contribution is 7.91. The van der Waals surface area contributed by atoms with Crippen molar-refractivity contribution in [2.45, 2.75) is 30.0 Å². The Morgan fingerprint density at radius 1 is 1.45 bits per heavy atom. The summed E-state index contributed by atoms with van der Waals surface area (Å²) in [6.07, 6.45) is 2.50. The molecule has 8 heteroatoms. The Morgan fingerprint density at radius 3 is 2.80 bits per heavy atom. The molecule has 0 aliphatic heterocycles. The number of carbonyl (C=O) groups is 1. The Bertz CT molecular complexity index is 573. The quantitative estimate of drug-likeness (QED) is 0.778. The molecule has 1 fully saturated rings. The number of thiophene rings is 1. The number of carbonyl (C=O) groups excluding carboxylic acids is 1. The average molecular weight is 337 g/mol. The van der Waals surface area contributed by atoms with Gasteiger partial charge in [-0.25, -0.2) is 13.1 Å². The van der Waals surface area contributed by atoms with E-state index in [-0.39, 0.29) is 22.1 Å². The number of nitrogens with one attached hydrogen (secondary N) is 2. The van der Waals surface area contributed by atoms with Crippen molar-refractivity contribution in [1.82, 2.24) is 10.0 Å². The molecule has 1 aliphatic rings. The van der Waals surface area contributed by atoms with Crippen LogP contribution in [-0.4, -0.2) is 27.4 Å². The summed E-state index contributed by atoms with van der Waals surface area (Å²) in [5.74, 6) is 0.374. The maximum absolute atomic E-state index is 12.3. The molecular weight excluding hydrogens is 320 g/mol. The van der Waals surface area contributed by atoms with E-state index in [1.165, 1.54) is 6.07 Å². The molecular formula is C12H17ClN2O3S2. The van der Waals surface area contributed by atoms with Gasteiger partial charge in [-0.1, -0.05) is 18.5 Å². The van der Waals surface area contributed by atoms with E-state index in [4.69, 9.17) is 11.6 Å². The maximum Gasteiger partial charge on any atom is 0.250 e. The molecule has 1 aromatic heterocycles. The summed E-state index contributed by atoms with van der Waals surface area (Å²) in [6, 6.07) is 2.92. The van der Waals surface area contributed by atoms with Crippen molar-refractivity contribution >= 4 is 39.4 Å². The van der Waals surface area contributed by atoms with Gasteiger partial charge in [0.2, 0.25) is 16.4 Å². The fraction of sp³-hybridized carbons (Fsp3) is 0.583. The zero-order valence-corrected chi connectivity index (χ0v) is 13.4. The van der Waals surface area contributed by atoms with Gasteiger partial charge in [-0.15, -0.1) is 11.3 Å². The first-order valence-electron chi connectivity index (χ1n) is 6.38. The predicted molar refractivity (Wildman–Crippen MR) is 79.4 cm³/mol. The van der Waals surface area contributed by atoms with Gasteiger partial charge in [0.15, 0.2) is 0 Å². The number of halogens is 1. The summed E-state index contributed by atoms with van der Waals surface area (Å²) in [5.41, 5.74) is 0. The molecule has 1 aliphatic carbocycles. The summed E-state index contributed by atoms with van der Waals surface area (Å²) in [4.78, 5) is 10.4. The second kappa shape index (κ2) is 6.43. The van der Waals surface area contributed by atoms with E-state index in [9.17, 15) is 13.2 Å². The zero-order valence-electron chi connectivity index (χ0n) is 11.0. The Kier molecular flexibility index (Phi) is 5.06. The third-order valence-corrected chi connectivity index (χ3v) is 6.86. The van der Waals surface area contributed by atoms with Gasteiger partial charge in [0.25, 0.3) is 0 Å².